The van der Waals surface area contributed by atoms with Crippen molar-refractivity contribution in [3.63, 3.8) is 0 Å². The van der Waals surface area contributed by atoms with E-state index in [1.807, 2.05) is 74.8 Å². The molecular formula is C24H25ClN2O2. The number of halogens is 1. The van der Waals surface area contributed by atoms with Crippen molar-refractivity contribution in [1.29, 1.82) is 0 Å². The summed E-state index contributed by atoms with van der Waals surface area (Å²) in [6, 6.07) is 23.6. The number of hydrogen-bond donors (Lipinski definition) is 1. The molecule has 0 fully saturated rings. The van der Waals surface area contributed by atoms with Crippen LogP contribution < -0.4 is 10.1 Å². The Morgan fingerprint density at radius 3 is 2.31 bits per heavy atom. The molecule has 1 N–H and O–H groups in total. The van der Waals surface area contributed by atoms with E-state index in [-0.39, 0.29) is 12.5 Å². The monoisotopic (exact) mass is 408 g/mol. The molecule has 0 radical (unpaired) electrons. The number of rotatable bonds is 8. The largest absolute Gasteiger partial charge is 0.482 e. The SMILES string of the molecule is CN(C)Cc1ccccc1CNC(=O)COc1ccc(-c2ccccc2)cc1Cl. The highest BCUT2D eigenvalue weighted by atomic mass is 35.5. The molecule has 29 heavy (non-hydrogen) atoms. The molecule has 150 valence electrons. The highest BCUT2D eigenvalue weighted by Gasteiger charge is 2.09. The Morgan fingerprint density at radius 2 is 1.62 bits per heavy atom. The van der Waals surface area contributed by atoms with Gasteiger partial charge in [-0.25, -0.2) is 0 Å². The van der Waals surface area contributed by atoms with E-state index >= 15 is 0 Å². The van der Waals surface area contributed by atoms with Gasteiger partial charge in [-0.05, 0) is 48.5 Å². The van der Waals surface area contributed by atoms with Gasteiger partial charge < -0.3 is 15.0 Å². The third kappa shape index (κ3) is 6.08. The summed E-state index contributed by atoms with van der Waals surface area (Å²) in [6.07, 6.45) is 0. The van der Waals surface area contributed by atoms with Gasteiger partial charge in [0.2, 0.25) is 0 Å². The van der Waals surface area contributed by atoms with E-state index in [0.29, 0.717) is 17.3 Å². The van der Waals surface area contributed by atoms with Crippen molar-refractivity contribution in [2.75, 3.05) is 20.7 Å². The highest BCUT2D eigenvalue weighted by molar-refractivity contribution is 6.32. The lowest BCUT2D eigenvalue weighted by Gasteiger charge is -2.15. The first-order valence-corrected chi connectivity index (χ1v) is 9.86. The van der Waals surface area contributed by atoms with Crippen LogP contribution in [0.25, 0.3) is 11.1 Å². The van der Waals surface area contributed by atoms with Crippen molar-refractivity contribution < 1.29 is 9.53 Å². The van der Waals surface area contributed by atoms with Gasteiger partial charge in [-0.1, -0.05) is 72.3 Å². The van der Waals surface area contributed by atoms with Gasteiger partial charge in [-0.15, -0.1) is 0 Å². The second kappa shape index (κ2) is 10.1. The lowest BCUT2D eigenvalue weighted by atomic mass is 10.1. The summed E-state index contributed by atoms with van der Waals surface area (Å²) in [6.45, 7) is 1.21. The first-order chi connectivity index (χ1) is 14.0. The molecule has 0 heterocycles. The van der Waals surface area contributed by atoms with E-state index in [1.54, 1.807) is 6.07 Å². The Morgan fingerprint density at radius 1 is 0.931 bits per heavy atom. The molecule has 0 aliphatic carbocycles. The van der Waals surface area contributed by atoms with Crippen molar-refractivity contribution in [3.05, 3.63) is 88.9 Å². The molecular weight excluding hydrogens is 384 g/mol. The molecule has 3 aromatic carbocycles. The fourth-order valence-corrected chi connectivity index (χ4v) is 3.28. The van der Waals surface area contributed by atoms with Gasteiger partial charge in [0.25, 0.3) is 5.91 Å². The number of hydrogen-bond acceptors (Lipinski definition) is 3. The predicted octanol–water partition coefficient (Wildman–Crippen LogP) is 4.76. The summed E-state index contributed by atoms with van der Waals surface area (Å²) in [5.74, 6) is 0.308. The van der Waals surface area contributed by atoms with Crippen LogP contribution in [0.2, 0.25) is 5.02 Å². The predicted molar refractivity (Wildman–Crippen MR) is 118 cm³/mol. The average Bonchev–Trinajstić information content (AvgIpc) is 2.72. The standard InChI is InChI=1S/C24H25ClN2O2/c1-27(2)16-21-11-7-6-10-20(21)15-26-24(28)17-29-23-13-12-19(14-22(23)25)18-8-4-3-5-9-18/h3-14H,15-17H2,1-2H3,(H,26,28). The van der Waals surface area contributed by atoms with Crippen LogP contribution in [0.5, 0.6) is 5.75 Å². The van der Waals surface area contributed by atoms with Crippen LogP contribution >= 0.6 is 11.6 Å². The summed E-state index contributed by atoms with van der Waals surface area (Å²) < 4.78 is 5.62. The Bertz CT molecular complexity index is 958. The minimum Gasteiger partial charge on any atom is -0.482 e. The lowest BCUT2D eigenvalue weighted by Crippen LogP contribution is -2.29. The smallest absolute Gasteiger partial charge is 0.258 e. The Labute approximate surface area is 177 Å². The van der Waals surface area contributed by atoms with Gasteiger partial charge in [-0.2, -0.15) is 0 Å². The fourth-order valence-electron chi connectivity index (χ4n) is 3.04. The minimum atomic E-state index is -0.187. The Kier molecular flexibility index (Phi) is 7.28. The molecule has 0 aliphatic heterocycles. The maximum Gasteiger partial charge on any atom is 0.258 e. The third-order valence-electron chi connectivity index (χ3n) is 4.48. The number of nitrogens with one attached hydrogen (secondary N) is 1. The number of ether oxygens (including phenoxy) is 1. The van der Waals surface area contributed by atoms with Gasteiger partial charge in [0, 0.05) is 13.1 Å². The van der Waals surface area contributed by atoms with Crippen LogP contribution in [0.1, 0.15) is 11.1 Å². The quantitative estimate of drug-likeness (QED) is 0.584. The zero-order valence-electron chi connectivity index (χ0n) is 16.7. The molecule has 3 rings (SSSR count). The van der Waals surface area contributed by atoms with Gasteiger partial charge in [0.05, 0.1) is 5.02 Å². The fraction of sp³-hybridized carbons (Fsp3) is 0.208. The molecule has 0 aromatic heterocycles. The normalized spacial score (nSPS) is 10.8. The van der Waals surface area contributed by atoms with E-state index in [9.17, 15) is 4.79 Å². The maximum absolute atomic E-state index is 12.2. The second-order valence-electron chi connectivity index (χ2n) is 7.08. The zero-order chi connectivity index (χ0) is 20.6. The molecule has 4 nitrogen and oxygen atoms in total. The van der Waals surface area contributed by atoms with Gasteiger partial charge in [0.15, 0.2) is 6.61 Å². The van der Waals surface area contributed by atoms with Crippen molar-refractivity contribution in [2.24, 2.45) is 0 Å². The topological polar surface area (TPSA) is 41.6 Å². The summed E-state index contributed by atoms with van der Waals surface area (Å²) in [7, 11) is 4.05. The molecule has 0 atom stereocenters. The molecule has 0 saturated heterocycles. The first kappa shape index (κ1) is 20.9. The summed E-state index contributed by atoms with van der Waals surface area (Å²) >= 11 is 6.34. The molecule has 3 aromatic rings. The molecule has 0 bridgehead atoms. The summed E-state index contributed by atoms with van der Waals surface area (Å²) in [5, 5.41) is 3.40. The van der Waals surface area contributed by atoms with E-state index in [0.717, 1.165) is 23.2 Å². The van der Waals surface area contributed by atoms with Gasteiger partial charge >= 0.3 is 0 Å². The number of amides is 1. The van der Waals surface area contributed by atoms with Crippen LogP contribution in [0, 0.1) is 0 Å². The Balaban J connectivity index is 1.55. The third-order valence-corrected chi connectivity index (χ3v) is 4.77. The Hall–Kier alpha value is -2.82. The van der Waals surface area contributed by atoms with Crippen LogP contribution in [0.4, 0.5) is 0 Å². The van der Waals surface area contributed by atoms with Crippen molar-refractivity contribution in [3.8, 4) is 16.9 Å². The summed E-state index contributed by atoms with van der Waals surface area (Å²) in [4.78, 5) is 14.3. The van der Waals surface area contributed by atoms with Crippen molar-refractivity contribution in [1.82, 2.24) is 10.2 Å². The average molecular weight is 409 g/mol. The molecule has 0 unspecified atom stereocenters. The van der Waals surface area contributed by atoms with Crippen LogP contribution in [-0.2, 0) is 17.9 Å². The van der Waals surface area contributed by atoms with E-state index in [2.05, 4.69) is 16.3 Å². The number of carbonyl (C=O) groups excluding carboxylic acids is 1. The van der Waals surface area contributed by atoms with Gasteiger partial charge in [0.1, 0.15) is 5.75 Å². The number of carbonyl (C=O) groups is 1. The van der Waals surface area contributed by atoms with Crippen LogP contribution in [0.3, 0.4) is 0 Å². The number of benzene rings is 3. The molecule has 0 spiro atoms. The minimum absolute atomic E-state index is 0.0831. The number of nitrogens with zero attached hydrogens (tertiary/aromatic N) is 1. The maximum atomic E-state index is 12.2. The highest BCUT2D eigenvalue weighted by Crippen LogP contribution is 2.30. The lowest BCUT2D eigenvalue weighted by molar-refractivity contribution is -0.123. The molecule has 5 heteroatoms. The molecule has 0 saturated carbocycles. The van der Waals surface area contributed by atoms with E-state index in [1.165, 1.54) is 5.56 Å². The zero-order valence-corrected chi connectivity index (χ0v) is 17.4. The first-order valence-electron chi connectivity index (χ1n) is 9.49. The second-order valence-corrected chi connectivity index (χ2v) is 7.49. The van der Waals surface area contributed by atoms with Crippen LogP contribution in [0.15, 0.2) is 72.8 Å². The summed E-state index contributed by atoms with van der Waals surface area (Å²) in [5.41, 5.74) is 4.37. The molecule has 0 aliphatic rings. The van der Waals surface area contributed by atoms with E-state index < -0.39 is 0 Å². The van der Waals surface area contributed by atoms with E-state index in [4.69, 9.17) is 16.3 Å². The van der Waals surface area contributed by atoms with Crippen molar-refractivity contribution >= 4 is 17.5 Å². The van der Waals surface area contributed by atoms with Gasteiger partial charge in [-0.3, -0.25) is 4.79 Å². The van der Waals surface area contributed by atoms with Crippen LogP contribution in [-0.4, -0.2) is 31.5 Å². The molecule has 1 amide bonds. The van der Waals surface area contributed by atoms with Crippen molar-refractivity contribution in [2.45, 2.75) is 13.1 Å².